The van der Waals surface area contributed by atoms with Crippen LogP contribution in [0.15, 0.2) is 36.5 Å². The number of hydrogen-bond donors (Lipinski definition) is 1. The second-order valence-corrected chi connectivity index (χ2v) is 10.9. The fourth-order valence-electron chi connectivity index (χ4n) is 4.98. The van der Waals surface area contributed by atoms with Crippen molar-refractivity contribution in [3.05, 3.63) is 64.1 Å². The van der Waals surface area contributed by atoms with Gasteiger partial charge >= 0.3 is 12.0 Å². The Morgan fingerprint density at radius 3 is 2.71 bits per heavy atom. The van der Waals surface area contributed by atoms with Gasteiger partial charge in [0.15, 0.2) is 0 Å². The number of benzene rings is 1. The molecule has 1 aromatic carbocycles. The van der Waals surface area contributed by atoms with Crippen LogP contribution >= 0.6 is 11.6 Å². The lowest BCUT2D eigenvalue weighted by atomic mass is 9.87. The molecule has 1 atom stereocenters. The van der Waals surface area contributed by atoms with Gasteiger partial charge in [0.2, 0.25) is 0 Å². The van der Waals surface area contributed by atoms with Gasteiger partial charge in [0.1, 0.15) is 10.8 Å². The van der Waals surface area contributed by atoms with E-state index in [1.54, 1.807) is 12.3 Å². The lowest BCUT2D eigenvalue weighted by Gasteiger charge is -2.24. The second-order valence-electron chi connectivity index (χ2n) is 10.5. The van der Waals surface area contributed by atoms with E-state index in [9.17, 15) is 9.59 Å². The number of fused-ring (bicyclic) bond motifs is 3. The monoisotopic (exact) mass is 495 g/mol. The zero-order chi connectivity index (χ0) is 25.2. The summed E-state index contributed by atoms with van der Waals surface area (Å²) in [5.74, 6) is 0.0986. The zero-order valence-electron chi connectivity index (χ0n) is 21.0. The standard InChI is InChI=1S/C28H34ClN3O3/c1-18-8-10-22-21-7-5-6-19(16-26(33)35-28(2,3)4)9-11-23(21)32(24(22)14-18)27(34)31-17-20-12-13-30-25(29)15-20/h8,10,12-15,19H,5-7,9,11,16-17H2,1-4H3,(H,31,34). The fourth-order valence-corrected chi connectivity index (χ4v) is 5.17. The molecule has 0 aliphatic heterocycles. The highest BCUT2D eigenvalue weighted by molar-refractivity contribution is 6.29. The first-order valence-corrected chi connectivity index (χ1v) is 12.7. The zero-order valence-corrected chi connectivity index (χ0v) is 21.7. The number of carbonyl (C=O) groups is 2. The molecule has 0 spiro atoms. The van der Waals surface area contributed by atoms with E-state index < -0.39 is 5.60 Å². The van der Waals surface area contributed by atoms with E-state index in [1.165, 1.54) is 5.56 Å². The molecule has 3 aromatic rings. The summed E-state index contributed by atoms with van der Waals surface area (Å²) in [5.41, 5.74) is 4.76. The van der Waals surface area contributed by atoms with Crippen molar-refractivity contribution in [3.63, 3.8) is 0 Å². The van der Waals surface area contributed by atoms with Crippen LogP contribution in [0.4, 0.5) is 4.79 Å². The van der Waals surface area contributed by atoms with Gasteiger partial charge in [-0.15, -0.1) is 0 Å². The van der Waals surface area contributed by atoms with E-state index in [-0.39, 0.29) is 17.9 Å². The number of rotatable bonds is 4. The van der Waals surface area contributed by atoms with Gasteiger partial charge in [0, 0.05) is 30.2 Å². The van der Waals surface area contributed by atoms with E-state index in [0.29, 0.717) is 18.1 Å². The van der Waals surface area contributed by atoms with Crippen molar-refractivity contribution in [1.29, 1.82) is 0 Å². The topological polar surface area (TPSA) is 73.2 Å². The lowest BCUT2D eigenvalue weighted by Crippen LogP contribution is -2.30. The second kappa shape index (κ2) is 10.4. The van der Waals surface area contributed by atoms with Gasteiger partial charge < -0.3 is 10.1 Å². The molecule has 1 amide bonds. The first kappa shape index (κ1) is 25.2. The van der Waals surface area contributed by atoms with Gasteiger partial charge in [-0.25, -0.2) is 9.78 Å². The Labute approximate surface area is 212 Å². The average Bonchev–Trinajstić information content (AvgIpc) is 3.04. The number of aromatic nitrogens is 2. The fraction of sp³-hybridized carbons (Fsp3) is 0.464. The molecule has 1 aliphatic rings. The molecule has 186 valence electrons. The minimum absolute atomic E-state index is 0.145. The maximum atomic E-state index is 13.5. The smallest absolute Gasteiger partial charge is 0.326 e. The molecule has 6 nitrogen and oxygen atoms in total. The Hall–Kier alpha value is -2.86. The van der Waals surface area contributed by atoms with Crippen molar-refractivity contribution >= 4 is 34.5 Å². The van der Waals surface area contributed by atoms with Crippen LogP contribution in [-0.2, 0) is 28.9 Å². The summed E-state index contributed by atoms with van der Waals surface area (Å²) in [7, 11) is 0. The number of nitrogens with zero attached hydrogens (tertiary/aromatic N) is 2. The molecule has 2 aromatic heterocycles. The molecule has 4 rings (SSSR count). The Morgan fingerprint density at radius 2 is 1.97 bits per heavy atom. The molecule has 1 unspecified atom stereocenters. The summed E-state index contributed by atoms with van der Waals surface area (Å²) in [6, 6.07) is 9.77. The minimum Gasteiger partial charge on any atom is -0.460 e. The first-order chi connectivity index (χ1) is 16.6. The average molecular weight is 496 g/mol. The Balaban J connectivity index is 1.60. The highest BCUT2D eigenvalue weighted by atomic mass is 35.5. The quantitative estimate of drug-likeness (QED) is 0.337. The molecular weight excluding hydrogens is 462 g/mol. The van der Waals surface area contributed by atoms with Gasteiger partial charge in [-0.2, -0.15) is 0 Å². The molecule has 0 saturated carbocycles. The number of carbonyl (C=O) groups excluding carboxylic acids is 2. The van der Waals surface area contributed by atoms with Gasteiger partial charge in [0.05, 0.1) is 5.52 Å². The molecule has 0 fully saturated rings. The van der Waals surface area contributed by atoms with Crippen LogP contribution in [0, 0.1) is 12.8 Å². The number of pyridine rings is 1. The predicted octanol–water partition coefficient (Wildman–Crippen LogP) is 6.37. The molecular formula is C28H34ClN3O3. The van der Waals surface area contributed by atoms with E-state index in [2.05, 4.69) is 28.5 Å². The number of aryl methyl sites for hydroxylation is 2. The van der Waals surface area contributed by atoms with Crippen LogP contribution in [0.2, 0.25) is 5.15 Å². The molecule has 1 aliphatic carbocycles. The summed E-state index contributed by atoms with van der Waals surface area (Å²) in [5, 5.41) is 4.60. The largest absolute Gasteiger partial charge is 0.460 e. The molecule has 2 heterocycles. The normalized spacial score (nSPS) is 16.3. The number of ether oxygens (including phenoxy) is 1. The van der Waals surface area contributed by atoms with Crippen LogP contribution in [-0.4, -0.2) is 27.2 Å². The van der Waals surface area contributed by atoms with Crippen LogP contribution in [0.3, 0.4) is 0 Å². The highest BCUT2D eigenvalue weighted by Crippen LogP contribution is 2.34. The van der Waals surface area contributed by atoms with E-state index in [1.807, 2.05) is 38.3 Å². The van der Waals surface area contributed by atoms with Crippen molar-refractivity contribution in [3.8, 4) is 0 Å². The summed E-state index contributed by atoms with van der Waals surface area (Å²) >= 11 is 6.01. The van der Waals surface area contributed by atoms with Crippen LogP contribution in [0.1, 0.15) is 68.8 Å². The number of nitrogens with one attached hydrogen (secondary N) is 1. The van der Waals surface area contributed by atoms with Crippen LogP contribution in [0.25, 0.3) is 10.9 Å². The summed E-state index contributed by atoms with van der Waals surface area (Å²) in [6.45, 7) is 8.10. The summed E-state index contributed by atoms with van der Waals surface area (Å²) in [4.78, 5) is 30.0. The van der Waals surface area contributed by atoms with Crippen LogP contribution in [0.5, 0.6) is 0 Å². The molecule has 35 heavy (non-hydrogen) atoms. The third-order valence-corrected chi connectivity index (χ3v) is 6.69. The predicted molar refractivity (Wildman–Crippen MR) is 139 cm³/mol. The summed E-state index contributed by atoms with van der Waals surface area (Å²) < 4.78 is 7.41. The van der Waals surface area contributed by atoms with Crippen molar-refractivity contribution in [2.24, 2.45) is 5.92 Å². The molecule has 1 N–H and O–H groups in total. The number of hydrogen-bond acceptors (Lipinski definition) is 4. The SMILES string of the molecule is Cc1ccc2c3c(n(C(=O)NCc4ccnc(Cl)c4)c2c1)CCC(CC(=O)OC(C)(C)C)CCC3. The summed E-state index contributed by atoms with van der Waals surface area (Å²) in [6.07, 6.45) is 6.48. The molecule has 0 bridgehead atoms. The van der Waals surface area contributed by atoms with Gasteiger partial charge in [-0.3, -0.25) is 9.36 Å². The van der Waals surface area contributed by atoms with Crippen molar-refractivity contribution in [2.45, 2.75) is 78.4 Å². The maximum Gasteiger partial charge on any atom is 0.326 e. The lowest BCUT2D eigenvalue weighted by molar-refractivity contribution is -0.156. The Bertz CT molecular complexity index is 1240. The molecule has 0 radical (unpaired) electrons. The van der Waals surface area contributed by atoms with E-state index in [0.717, 1.165) is 59.8 Å². The first-order valence-electron chi connectivity index (χ1n) is 12.3. The minimum atomic E-state index is -0.479. The Morgan fingerprint density at radius 1 is 1.17 bits per heavy atom. The van der Waals surface area contributed by atoms with Crippen molar-refractivity contribution < 1.29 is 14.3 Å². The van der Waals surface area contributed by atoms with E-state index >= 15 is 0 Å². The Kier molecular flexibility index (Phi) is 7.50. The highest BCUT2D eigenvalue weighted by Gasteiger charge is 2.26. The number of esters is 1. The van der Waals surface area contributed by atoms with Gasteiger partial charge in [0.25, 0.3) is 0 Å². The van der Waals surface area contributed by atoms with Gasteiger partial charge in [-0.1, -0.05) is 23.7 Å². The third kappa shape index (κ3) is 6.23. The van der Waals surface area contributed by atoms with E-state index in [4.69, 9.17) is 16.3 Å². The van der Waals surface area contributed by atoms with Crippen molar-refractivity contribution in [1.82, 2.24) is 14.9 Å². The number of halogens is 1. The van der Waals surface area contributed by atoms with Crippen molar-refractivity contribution in [2.75, 3.05) is 0 Å². The maximum absolute atomic E-state index is 13.5. The third-order valence-electron chi connectivity index (χ3n) is 6.48. The van der Waals surface area contributed by atoms with Crippen LogP contribution < -0.4 is 5.32 Å². The molecule has 0 saturated heterocycles. The molecule has 7 heteroatoms. The van der Waals surface area contributed by atoms with Gasteiger partial charge in [-0.05, 0) is 101 Å². The number of amides is 1.